The summed E-state index contributed by atoms with van der Waals surface area (Å²) in [6, 6.07) is 2.53. The number of nitrogens with one attached hydrogen (secondary N) is 1. The van der Waals surface area contributed by atoms with E-state index in [1.807, 2.05) is 24.0 Å². The number of rotatable bonds is 3. The van der Waals surface area contributed by atoms with Crippen molar-refractivity contribution in [2.45, 2.75) is 37.5 Å². The summed E-state index contributed by atoms with van der Waals surface area (Å²) in [6.07, 6.45) is 5.62. The molecule has 2 heterocycles. The molecule has 2 atom stereocenters. The van der Waals surface area contributed by atoms with Gasteiger partial charge in [-0.3, -0.25) is 4.57 Å². The molecule has 0 radical (unpaired) electrons. The molecule has 19 heavy (non-hydrogen) atoms. The summed E-state index contributed by atoms with van der Waals surface area (Å²) >= 11 is 11.0. The van der Waals surface area contributed by atoms with Crippen LogP contribution in [0, 0.1) is 4.77 Å². The highest BCUT2D eigenvalue weighted by Gasteiger charge is 2.30. The van der Waals surface area contributed by atoms with Crippen LogP contribution >= 0.6 is 39.9 Å². The molecule has 2 unspecified atom stereocenters. The van der Waals surface area contributed by atoms with Crippen LogP contribution in [0.4, 0.5) is 0 Å². The molecule has 6 heteroatoms. The summed E-state index contributed by atoms with van der Waals surface area (Å²) in [5, 5.41) is 0.668. The van der Waals surface area contributed by atoms with Gasteiger partial charge in [0.15, 0.2) is 10.4 Å². The maximum atomic E-state index is 5.51. The van der Waals surface area contributed by atoms with E-state index in [2.05, 4.69) is 37.4 Å². The molecule has 3 rings (SSSR count). The fourth-order valence-corrected chi connectivity index (χ4v) is 4.81. The van der Waals surface area contributed by atoms with Crippen LogP contribution < -0.4 is 0 Å². The second kappa shape index (κ2) is 5.58. The van der Waals surface area contributed by atoms with E-state index < -0.39 is 0 Å². The Hall–Kier alpha value is -0.330. The number of halogens is 1. The fourth-order valence-electron chi connectivity index (χ4n) is 2.91. The zero-order chi connectivity index (χ0) is 13.4. The van der Waals surface area contributed by atoms with Crippen molar-refractivity contribution in [2.75, 3.05) is 5.75 Å². The van der Waals surface area contributed by atoms with E-state index in [0.717, 1.165) is 26.2 Å². The van der Waals surface area contributed by atoms with E-state index in [0.29, 0.717) is 11.3 Å². The molecule has 3 nitrogen and oxygen atoms in total. The molecule has 1 aliphatic carbocycles. The minimum Gasteiger partial charge on any atom is -0.329 e. The predicted octanol–water partition coefficient (Wildman–Crippen LogP) is 4.70. The Morgan fingerprint density at radius 2 is 2.42 bits per heavy atom. The Bertz CT molecular complexity index is 649. The number of H-pyrrole nitrogens is 1. The summed E-state index contributed by atoms with van der Waals surface area (Å²) in [5.74, 6) is 1.16. The minimum atomic E-state index is 0.486. The van der Waals surface area contributed by atoms with Gasteiger partial charge in [0.05, 0.1) is 5.52 Å². The van der Waals surface area contributed by atoms with Crippen LogP contribution in [0.5, 0.6) is 0 Å². The van der Waals surface area contributed by atoms with Crippen molar-refractivity contribution in [3.8, 4) is 0 Å². The maximum absolute atomic E-state index is 5.51. The lowest BCUT2D eigenvalue weighted by atomic mass is 10.2. The zero-order valence-electron chi connectivity index (χ0n) is 10.7. The number of fused-ring (bicyclic) bond motifs is 1. The maximum Gasteiger partial charge on any atom is 0.179 e. The predicted molar refractivity (Wildman–Crippen MR) is 87.4 cm³/mol. The molecule has 1 N–H and O–H groups in total. The number of nitrogens with zero attached hydrogens (tertiary/aromatic N) is 2. The summed E-state index contributed by atoms with van der Waals surface area (Å²) in [5.41, 5.74) is 2.01. The van der Waals surface area contributed by atoms with Crippen LogP contribution in [-0.4, -0.2) is 25.5 Å². The van der Waals surface area contributed by atoms with Crippen molar-refractivity contribution in [3.05, 3.63) is 21.5 Å². The van der Waals surface area contributed by atoms with Crippen molar-refractivity contribution in [1.29, 1.82) is 0 Å². The fraction of sp³-hybridized carbons (Fsp3) is 0.538. The summed E-state index contributed by atoms with van der Waals surface area (Å²) in [7, 11) is 0. The highest BCUT2D eigenvalue weighted by molar-refractivity contribution is 9.10. The number of pyridine rings is 1. The number of aromatic amines is 1. The van der Waals surface area contributed by atoms with E-state index in [-0.39, 0.29) is 0 Å². The Kier molecular flexibility index (Phi) is 4.01. The summed E-state index contributed by atoms with van der Waals surface area (Å²) in [4.78, 5) is 7.83. The topological polar surface area (TPSA) is 33.6 Å². The first-order valence-corrected chi connectivity index (χ1v) is 8.83. The molecule has 0 saturated heterocycles. The van der Waals surface area contributed by atoms with E-state index in [1.54, 1.807) is 0 Å². The average molecular weight is 358 g/mol. The van der Waals surface area contributed by atoms with Gasteiger partial charge in [-0.1, -0.05) is 13.3 Å². The van der Waals surface area contributed by atoms with Gasteiger partial charge in [0, 0.05) is 22.0 Å². The third-order valence-corrected chi connectivity index (χ3v) is 5.70. The van der Waals surface area contributed by atoms with Gasteiger partial charge in [0.1, 0.15) is 0 Å². The molecule has 0 aromatic carbocycles. The summed E-state index contributed by atoms with van der Waals surface area (Å²) in [6.45, 7) is 2.23. The lowest BCUT2D eigenvalue weighted by molar-refractivity contribution is 0.533. The van der Waals surface area contributed by atoms with Crippen molar-refractivity contribution < 1.29 is 0 Å². The SMILES string of the molecule is CCSC1CCCC1n1c(=S)[nH]c2cc(Br)cnc21. The number of thioether (sulfide) groups is 1. The quantitative estimate of drug-likeness (QED) is 0.808. The number of hydrogen-bond donors (Lipinski definition) is 1. The molecule has 0 amide bonds. The van der Waals surface area contributed by atoms with E-state index in [4.69, 9.17) is 12.2 Å². The van der Waals surface area contributed by atoms with Gasteiger partial charge >= 0.3 is 0 Å². The monoisotopic (exact) mass is 357 g/mol. The minimum absolute atomic E-state index is 0.486. The molecule has 0 bridgehead atoms. The van der Waals surface area contributed by atoms with Gasteiger partial charge in [0.25, 0.3) is 0 Å². The van der Waals surface area contributed by atoms with Crippen LogP contribution in [0.1, 0.15) is 32.2 Å². The van der Waals surface area contributed by atoms with E-state index in [9.17, 15) is 0 Å². The number of aromatic nitrogens is 3. The second-order valence-corrected chi connectivity index (χ2v) is 7.64. The van der Waals surface area contributed by atoms with Crippen LogP contribution in [-0.2, 0) is 0 Å². The molecule has 102 valence electrons. The second-order valence-electron chi connectivity index (χ2n) is 4.82. The summed E-state index contributed by atoms with van der Waals surface area (Å²) < 4.78 is 4.01. The molecular formula is C13H16BrN3S2. The zero-order valence-corrected chi connectivity index (χ0v) is 13.9. The Balaban J connectivity index is 2.09. The van der Waals surface area contributed by atoms with Gasteiger partial charge in [-0.25, -0.2) is 4.98 Å². The average Bonchev–Trinajstić information content (AvgIpc) is 2.92. The molecular weight excluding hydrogens is 342 g/mol. The van der Waals surface area contributed by atoms with Gasteiger partial charge < -0.3 is 4.98 Å². The number of hydrogen-bond acceptors (Lipinski definition) is 3. The van der Waals surface area contributed by atoms with Crippen molar-refractivity contribution in [3.63, 3.8) is 0 Å². The Labute approximate surface area is 130 Å². The third kappa shape index (κ3) is 2.50. The normalized spacial score (nSPS) is 23.3. The third-order valence-electron chi connectivity index (χ3n) is 3.65. The van der Waals surface area contributed by atoms with Crippen LogP contribution in [0.25, 0.3) is 11.2 Å². The molecule has 0 spiro atoms. The van der Waals surface area contributed by atoms with E-state index in [1.165, 1.54) is 19.3 Å². The van der Waals surface area contributed by atoms with Gasteiger partial charge in [0.2, 0.25) is 0 Å². The Morgan fingerprint density at radius 1 is 1.58 bits per heavy atom. The van der Waals surface area contributed by atoms with E-state index >= 15 is 0 Å². The molecule has 1 fully saturated rings. The van der Waals surface area contributed by atoms with Gasteiger partial charge in [-0.05, 0) is 52.8 Å². The first-order valence-electron chi connectivity index (χ1n) is 6.58. The standard InChI is InChI=1S/C13H16BrN3S2/c1-2-19-11-5-3-4-10(11)17-12-9(16-13(17)18)6-8(14)7-15-12/h6-7,10-11H,2-5H2,1H3,(H,16,18). The van der Waals surface area contributed by atoms with Crippen LogP contribution in [0.15, 0.2) is 16.7 Å². The van der Waals surface area contributed by atoms with Crippen molar-refractivity contribution in [2.24, 2.45) is 0 Å². The van der Waals surface area contributed by atoms with Gasteiger partial charge in [-0.15, -0.1) is 0 Å². The molecule has 2 aromatic heterocycles. The number of imidazole rings is 1. The van der Waals surface area contributed by atoms with Gasteiger partial charge in [-0.2, -0.15) is 11.8 Å². The van der Waals surface area contributed by atoms with Crippen molar-refractivity contribution in [1.82, 2.24) is 14.5 Å². The lowest BCUT2D eigenvalue weighted by Crippen LogP contribution is -2.16. The van der Waals surface area contributed by atoms with Crippen molar-refractivity contribution >= 4 is 51.1 Å². The smallest absolute Gasteiger partial charge is 0.179 e. The highest BCUT2D eigenvalue weighted by atomic mass is 79.9. The Morgan fingerprint density at radius 3 is 3.21 bits per heavy atom. The largest absolute Gasteiger partial charge is 0.329 e. The molecule has 1 aliphatic rings. The first kappa shape index (κ1) is 13.6. The van der Waals surface area contributed by atoms with Crippen LogP contribution in [0.2, 0.25) is 0 Å². The lowest BCUT2D eigenvalue weighted by Gasteiger charge is -2.20. The first-order chi connectivity index (χ1) is 9.20. The molecule has 2 aromatic rings. The molecule has 1 saturated carbocycles. The molecule has 0 aliphatic heterocycles. The highest BCUT2D eigenvalue weighted by Crippen LogP contribution is 2.39. The van der Waals surface area contributed by atoms with Crippen LogP contribution in [0.3, 0.4) is 0 Å².